The maximum Gasteiger partial charge on any atom is 0.0726 e. The summed E-state index contributed by atoms with van der Waals surface area (Å²) in [7, 11) is 0. The summed E-state index contributed by atoms with van der Waals surface area (Å²) in [5, 5.41) is 21.5. The van der Waals surface area contributed by atoms with Crippen LogP contribution in [0.15, 0.2) is 194 Å². The minimum atomic E-state index is -0.553. The van der Waals surface area contributed by atoms with Crippen molar-refractivity contribution in [3.8, 4) is 22.3 Å². The predicted octanol–water partition coefficient (Wildman–Crippen LogP) is 17.7. The molecule has 14 aromatic rings. The Morgan fingerprint density at radius 3 is 1.06 bits per heavy atom. The van der Waals surface area contributed by atoms with E-state index >= 15 is 0 Å². The lowest BCUT2D eigenvalue weighted by molar-refractivity contribution is 0.801. The van der Waals surface area contributed by atoms with Crippen molar-refractivity contribution in [3.63, 3.8) is 0 Å². The van der Waals surface area contributed by atoms with E-state index in [9.17, 15) is 0 Å². The van der Waals surface area contributed by atoms with Crippen LogP contribution in [0.2, 0.25) is 0 Å². The summed E-state index contributed by atoms with van der Waals surface area (Å²) >= 11 is 3.85. The van der Waals surface area contributed by atoms with E-state index in [1.807, 2.05) is 22.7 Å². The summed E-state index contributed by atoms with van der Waals surface area (Å²) in [4.78, 5) is 0. The average Bonchev–Trinajstić information content (AvgIpc) is 4.09. The molecule has 0 unspecified atom stereocenters. The minimum Gasteiger partial charge on any atom is -0.135 e. The third-order valence-electron chi connectivity index (χ3n) is 15.0. The van der Waals surface area contributed by atoms with Gasteiger partial charge in [0.05, 0.1) is 5.41 Å². The summed E-state index contributed by atoms with van der Waals surface area (Å²) in [5.41, 5.74) is 10.2. The van der Waals surface area contributed by atoms with Gasteiger partial charge in [-0.05, 0) is 146 Å². The zero-order chi connectivity index (χ0) is 40.7. The van der Waals surface area contributed by atoms with Crippen molar-refractivity contribution in [2.45, 2.75) is 5.41 Å². The van der Waals surface area contributed by atoms with Gasteiger partial charge in [-0.25, -0.2) is 0 Å². The SMILES string of the molecule is c1ccc2c(c1)sc1c(-c3cc4c5c(c3)c3ccccc3c3cccc(c35)C43c4cccc5c6ccccc6c6cc(-c7cccc8c7sc7ccccc78)cc3c6c45)cccc12. The van der Waals surface area contributed by atoms with Gasteiger partial charge < -0.3 is 0 Å². The van der Waals surface area contributed by atoms with Gasteiger partial charge in [0.25, 0.3) is 0 Å². The third kappa shape index (κ3) is 3.92. The molecule has 0 bridgehead atoms. The van der Waals surface area contributed by atoms with Crippen molar-refractivity contribution in [1.29, 1.82) is 0 Å². The highest BCUT2D eigenvalue weighted by Crippen LogP contribution is 2.65. The van der Waals surface area contributed by atoms with Crippen molar-refractivity contribution < 1.29 is 0 Å². The molecule has 0 saturated heterocycles. The van der Waals surface area contributed by atoms with Crippen LogP contribution in [0.25, 0.3) is 127 Å². The zero-order valence-electron chi connectivity index (χ0n) is 33.8. The molecular formula is C61H32S2. The number of hydrogen-bond donors (Lipinski definition) is 0. The summed E-state index contributed by atoms with van der Waals surface area (Å²) in [5.74, 6) is 0. The van der Waals surface area contributed by atoms with Crippen LogP contribution >= 0.6 is 22.7 Å². The topological polar surface area (TPSA) is 0 Å². The highest BCUT2D eigenvalue weighted by Gasteiger charge is 2.51. The Kier molecular flexibility index (Phi) is 6.11. The molecule has 12 aromatic carbocycles. The Balaban J connectivity index is 1.12. The van der Waals surface area contributed by atoms with E-state index in [2.05, 4.69) is 194 Å². The molecule has 0 fully saturated rings. The molecule has 2 heterocycles. The number of thiophene rings is 2. The second-order valence-corrected chi connectivity index (χ2v) is 19.9. The molecule has 2 aliphatic carbocycles. The average molecular weight is 829 g/mol. The van der Waals surface area contributed by atoms with Crippen molar-refractivity contribution in [2.24, 2.45) is 0 Å². The molecule has 0 N–H and O–H groups in total. The standard InChI is InChI=1S/C61H32S2/c1-3-15-39-37(13-1)43-21-11-25-49-55(43)57-47(39)29-33(35-19-9-23-45-41-17-5-7-27-53(41)62-59(35)45)31-51(57)61(49)50-26-12-22-44-38-14-2-4-16-40(38)48-30-34(32-52(61)58(48)56(44)50)36-20-10-24-46-42-18-6-8-28-54(42)63-60(36)46/h1-32H. The summed E-state index contributed by atoms with van der Waals surface area (Å²) in [6.45, 7) is 0. The molecule has 0 atom stereocenters. The van der Waals surface area contributed by atoms with Crippen molar-refractivity contribution in [1.82, 2.24) is 0 Å². The molecule has 16 rings (SSSR count). The first kappa shape index (κ1) is 33.3. The van der Waals surface area contributed by atoms with Gasteiger partial charge in [-0.15, -0.1) is 22.7 Å². The lowest BCUT2D eigenvalue weighted by atomic mass is 9.69. The fourth-order valence-corrected chi connectivity index (χ4v) is 15.1. The predicted molar refractivity (Wildman–Crippen MR) is 274 cm³/mol. The van der Waals surface area contributed by atoms with Crippen LogP contribution in [0.5, 0.6) is 0 Å². The van der Waals surface area contributed by atoms with Crippen molar-refractivity contribution in [3.05, 3.63) is 216 Å². The van der Waals surface area contributed by atoms with Gasteiger partial charge >= 0.3 is 0 Å². The van der Waals surface area contributed by atoms with E-state index in [0.29, 0.717) is 0 Å². The molecule has 0 radical (unpaired) electrons. The van der Waals surface area contributed by atoms with Gasteiger partial charge in [0.2, 0.25) is 0 Å². The molecule has 0 saturated carbocycles. The van der Waals surface area contributed by atoms with Crippen molar-refractivity contribution >= 4 is 128 Å². The van der Waals surface area contributed by atoms with Gasteiger partial charge in [0.1, 0.15) is 0 Å². The second-order valence-electron chi connectivity index (χ2n) is 17.8. The zero-order valence-corrected chi connectivity index (χ0v) is 35.4. The Bertz CT molecular complexity index is 4160. The van der Waals surface area contributed by atoms with Gasteiger partial charge in [-0.3, -0.25) is 0 Å². The lowest BCUT2D eigenvalue weighted by Crippen LogP contribution is -2.26. The van der Waals surface area contributed by atoms with E-state index in [1.54, 1.807) is 0 Å². The van der Waals surface area contributed by atoms with Crippen LogP contribution in [0.1, 0.15) is 22.3 Å². The molecule has 0 amide bonds. The van der Waals surface area contributed by atoms with Crippen molar-refractivity contribution in [2.75, 3.05) is 0 Å². The van der Waals surface area contributed by atoms with Crippen LogP contribution < -0.4 is 0 Å². The van der Waals surface area contributed by atoms with E-state index < -0.39 is 5.41 Å². The van der Waals surface area contributed by atoms with Gasteiger partial charge in [0, 0.05) is 40.3 Å². The smallest absolute Gasteiger partial charge is 0.0726 e. The summed E-state index contributed by atoms with van der Waals surface area (Å²) in [6, 6.07) is 74.6. The van der Waals surface area contributed by atoms with Crippen LogP contribution in [0.3, 0.4) is 0 Å². The van der Waals surface area contributed by atoms with Gasteiger partial charge in [-0.1, -0.05) is 158 Å². The van der Waals surface area contributed by atoms with Crippen LogP contribution in [0.4, 0.5) is 0 Å². The van der Waals surface area contributed by atoms with Crippen LogP contribution in [-0.2, 0) is 5.41 Å². The Labute approximate surface area is 369 Å². The largest absolute Gasteiger partial charge is 0.135 e. The van der Waals surface area contributed by atoms with E-state index in [1.165, 1.54) is 149 Å². The van der Waals surface area contributed by atoms with E-state index in [4.69, 9.17) is 0 Å². The molecule has 0 nitrogen and oxygen atoms in total. The molecule has 288 valence electrons. The highest BCUT2D eigenvalue weighted by molar-refractivity contribution is 7.26. The molecule has 2 heteroatoms. The number of rotatable bonds is 2. The Morgan fingerprint density at radius 1 is 0.254 bits per heavy atom. The molecule has 2 aromatic heterocycles. The monoisotopic (exact) mass is 828 g/mol. The third-order valence-corrected chi connectivity index (χ3v) is 17.4. The first-order valence-electron chi connectivity index (χ1n) is 21.9. The maximum atomic E-state index is 2.62. The lowest BCUT2D eigenvalue weighted by Gasteiger charge is -2.32. The molecule has 63 heavy (non-hydrogen) atoms. The fourth-order valence-electron chi connectivity index (χ4n) is 12.6. The minimum absolute atomic E-state index is 0.553. The Morgan fingerprint density at radius 2 is 0.603 bits per heavy atom. The van der Waals surface area contributed by atoms with Crippen LogP contribution in [0, 0.1) is 0 Å². The maximum absolute atomic E-state index is 2.62. The number of hydrogen-bond acceptors (Lipinski definition) is 2. The second kappa shape index (κ2) is 11.6. The molecule has 2 aliphatic rings. The fraction of sp³-hybridized carbons (Fsp3) is 0.0164. The van der Waals surface area contributed by atoms with Gasteiger partial charge in [0.15, 0.2) is 0 Å². The van der Waals surface area contributed by atoms with E-state index in [0.717, 1.165) is 0 Å². The normalized spacial score (nSPS) is 13.8. The van der Waals surface area contributed by atoms with Gasteiger partial charge in [-0.2, -0.15) is 0 Å². The highest BCUT2D eigenvalue weighted by atomic mass is 32.1. The Hall–Kier alpha value is -7.36. The number of benzene rings is 12. The van der Waals surface area contributed by atoms with Crippen LogP contribution in [-0.4, -0.2) is 0 Å². The molecule has 0 aliphatic heterocycles. The molecular weight excluding hydrogens is 797 g/mol. The summed E-state index contributed by atoms with van der Waals surface area (Å²) < 4.78 is 5.37. The first-order chi connectivity index (χ1) is 31.3. The van der Waals surface area contributed by atoms with E-state index in [-0.39, 0.29) is 0 Å². The first-order valence-corrected chi connectivity index (χ1v) is 23.5. The number of fused-ring (bicyclic) bond motifs is 16. The molecule has 1 spiro atoms. The quantitative estimate of drug-likeness (QED) is 0.152. The summed E-state index contributed by atoms with van der Waals surface area (Å²) in [6.07, 6.45) is 0.